The van der Waals surface area contributed by atoms with Gasteiger partial charge in [-0.1, -0.05) is 12.1 Å². The van der Waals surface area contributed by atoms with Gasteiger partial charge in [-0.05, 0) is 17.9 Å². The third-order valence-corrected chi connectivity index (χ3v) is 3.62. The van der Waals surface area contributed by atoms with Crippen LogP contribution in [-0.4, -0.2) is 41.9 Å². The number of nitro benzene ring substituents is 1. The van der Waals surface area contributed by atoms with E-state index in [1.54, 1.807) is 12.1 Å². The summed E-state index contributed by atoms with van der Waals surface area (Å²) in [5.74, 6) is -0.633. The highest BCUT2D eigenvalue weighted by atomic mass is 16.6. The van der Waals surface area contributed by atoms with Gasteiger partial charge in [-0.25, -0.2) is 0 Å². The van der Waals surface area contributed by atoms with Crippen LogP contribution in [0.4, 0.5) is 5.69 Å². The van der Waals surface area contributed by atoms with Gasteiger partial charge in [-0.3, -0.25) is 19.7 Å². The number of likely N-dealkylation sites (tertiary alicyclic amines) is 1. The SMILES string of the molecule is COC(=O)CN1CCC(c2cccc([N+](=O)[O-])c2)CC1=O. The number of esters is 1. The first-order valence-electron chi connectivity index (χ1n) is 6.60. The Bertz CT molecular complexity index is 572. The smallest absolute Gasteiger partial charge is 0.325 e. The molecule has 1 saturated heterocycles. The van der Waals surface area contributed by atoms with Crippen LogP contribution in [0.25, 0.3) is 0 Å². The highest BCUT2D eigenvalue weighted by Gasteiger charge is 2.28. The standard InChI is InChI=1S/C14H16N2O5/c1-21-14(18)9-15-6-5-11(8-13(15)17)10-3-2-4-12(7-10)16(19)20/h2-4,7,11H,5-6,8-9H2,1H3. The Morgan fingerprint density at radius 2 is 2.29 bits per heavy atom. The van der Waals surface area contributed by atoms with E-state index >= 15 is 0 Å². The summed E-state index contributed by atoms with van der Waals surface area (Å²) in [6, 6.07) is 6.35. The maximum atomic E-state index is 12.0. The zero-order valence-corrected chi connectivity index (χ0v) is 11.7. The van der Waals surface area contributed by atoms with Gasteiger partial charge in [0, 0.05) is 25.1 Å². The number of nitro groups is 1. The minimum absolute atomic E-state index is 0.0249. The molecular weight excluding hydrogens is 276 g/mol. The first-order valence-corrected chi connectivity index (χ1v) is 6.60. The van der Waals surface area contributed by atoms with Gasteiger partial charge >= 0.3 is 5.97 Å². The van der Waals surface area contributed by atoms with E-state index in [2.05, 4.69) is 4.74 Å². The molecule has 1 atom stereocenters. The summed E-state index contributed by atoms with van der Waals surface area (Å²) in [4.78, 5) is 35.0. The number of ether oxygens (including phenoxy) is 1. The van der Waals surface area contributed by atoms with Crippen LogP contribution in [0.2, 0.25) is 0 Å². The normalized spacial score (nSPS) is 18.4. The maximum absolute atomic E-state index is 12.0. The third-order valence-electron chi connectivity index (χ3n) is 3.62. The molecule has 1 aromatic carbocycles. The van der Waals surface area contributed by atoms with E-state index < -0.39 is 10.9 Å². The second-order valence-corrected chi connectivity index (χ2v) is 4.93. The van der Waals surface area contributed by atoms with Crippen LogP contribution in [-0.2, 0) is 14.3 Å². The number of nitrogens with zero attached hydrogens (tertiary/aromatic N) is 2. The van der Waals surface area contributed by atoms with Crippen LogP contribution in [0.3, 0.4) is 0 Å². The molecule has 0 aromatic heterocycles. The topological polar surface area (TPSA) is 89.8 Å². The lowest BCUT2D eigenvalue weighted by Gasteiger charge is -2.31. The van der Waals surface area contributed by atoms with Crippen LogP contribution in [0.1, 0.15) is 24.3 Å². The lowest BCUT2D eigenvalue weighted by molar-refractivity contribution is -0.384. The minimum Gasteiger partial charge on any atom is -0.468 e. The van der Waals surface area contributed by atoms with Gasteiger partial charge in [-0.2, -0.15) is 0 Å². The lowest BCUT2D eigenvalue weighted by atomic mass is 9.89. The fourth-order valence-electron chi connectivity index (χ4n) is 2.44. The van der Waals surface area contributed by atoms with E-state index in [1.807, 2.05) is 0 Å². The van der Waals surface area contributed by atoms with Gasteiger partial charge in [0.15, 0.2) is 0 Å². The summed E-state index contributed by atoms with van der Waals surface area (Å²) in [6.07, 6.45) is 0.919. The van der Waals surface area contributed by atoms with Crippen LogP contribution >= 0.6 is 0 Å². The first kappa shape index (κ1) is 15.0. The van der Waals surface area contributed by atoms with Gasteiger partial charge in [0.05, 0.1) is 12.0 Å². The van der Waals surface area contributed by atoms with Crippen LogP contribution in [0.15, 0.2) is 24.3 Å². The largest absolute Gasteiger partial charge is 0.468 e. The Balaban J connectivity index is 2.05. The summed E-state index contributed by atoms with van der Waals surface area (Å²) >= 11 is 0. The van der Waals surface area contributed by atoms with Gasteiger partial charge in [0.2, 0.25) is 5.91 Å². The Morgan fingerprint density at radius 1 is 1.52 bits per heavy atom. The molecule has 0 bridgehead atoms. The van der Waals surface area contributed by atoms with Crippen molar-refractivity contribution in [2.24, 2.45) is 0 Å². The van der Waals surface area contributed by atoms with Crippen LogP contribution in [0.5, 0.6) is 0 Å². The summed E-state index contributed by atoms with van der Waals surface area (Å²) in [5.41, 5.74) is 0.812. The van der Waals surface area contributed by atoms with Gasteiger partial charge < -0.3 is 9.64 Å². The molecule has 1 fully saturated rings. The molecule has 0 aliphatic carbocycles. The summed E-state index contributed by atoms with van der Waals surface area (Å²) in [6.45, 7) is 0.401. The average Bonchev–Trinajstić information content (AvgIpc) is 2.49. The van der Waals surface area contributed by atoms with E-state index in [0.717, 1.165) is 5.56 Å². The Morgan fingerprint density at radius 3 is 2.90 bits per heavy atom. The van der Waals surface area contributed by atoms with Crippen molar-refractivity contribution in [1.82, 2.24) is 4.90 Å². The fourth-order valence-corrected chi connectivity index (χ4v) is 2.44. The molecule has 0 radical (unpaired) electrons. The highest BCUT2D eigenvalue weighted by molar-refractivity contribution is 5.83. The van der Waals surface area contributed by atoms with Crippen molar-refractivity contribution in [2.75, 3.05) is 20.2 Å². The van der Waals surface area contributed by atoms with Crippen molar-refractivity contribution in [2.45, 2.75) is 18.8 Å². The van der Waals surface area contributed by atoms with Gasteiger partial charge in [0.25, 0.3) is 5.69 Å². The summed E-state index contributed by atoms with van der Waals surface area (Å²) in [7, 11) is 1.28. The van der Waals surface area contributed by atoms with Crippen LogP contribution < -0.4 is 0 Å². The van der Waals surface area contributed by atoms with Crippen molar-refractivity contribution in [3.63, 3.8) is 0 Å². The molecule has 1 heterocycles. The average molecular weight is 292 g/mol. The van der Waals surface area contributed by atoms with Crippen molar-refractivity contribution >= 4 is 17.6 Å². The predicted octanol–water partition coefficient (Wildman–Crippen LogP) is 1.47. The molecule has 0 spiro atoms. The number of carbonyl (C=O) groups is 2. The van der Waals surface area contributed by atoms with Crippen molar-refractivity contribution in [3.05, 3.63) is 39.9 Å². The molecule has 0 saturated carbocycles. The summed E-state index contributed by atoms with van der Waals surface area (Å²) in [5, 5.41) is 10.8. The number of carbonyl (C=O) groups excluding carboxylic acids is 2. The Hall–Kier alpha value is -2.44. The van der Waals surface area contributed by atoms with Gasteiger partial charge in [-0.15, -0.1) is 0 Å². The number of piperidine rings is 1. The molecule has 0 N–H and O–H groups in total. The highest BCUT2D eigenvalue weighted by Crippen LogP contribution is 2.30. The van der Waals surface area contributed by atoms with E-state index in [-0.39, 0.29) is 30.5 Å². The number of benzene rings is 1. The van der Waals surface area contributed by atoms with E-state index in [9.17, 15) is 19.7 Å². The molecular formula is C14H16N2O5. The second kappa shape index (κ2) is 6.34. The molecule has 1 unspecified atom stereocenters. The number of non-ortho nitro benzene ring substituents is 1. The minimum atomic E-state index is -0.447. The molecule has 1 aliphatic heterocycles. The molecule has 2 rings (SSSR count). The Labute approximate surface area is 121 Å². The van der Waals surface area contributed by atoms with E-state index in [1.165, 1.54) is 24.1 Å². The molecule has 112 valence electrons. The molecule has 1 amide bonds. The van der Waals surface area contributed by atoms with Crippen molar-refractivity contribution in [1.29, 1.82) is 0 Å². The molecule has 1 aromatic rings. The number of hydrogen-bond donors (Lipinski definition) is 0. The first-order chi connectivity index (χ1) is 10.0. The van der Waals surface area contributed by atoms with E-state index in [4.69, 9.17) is 0 Å². The number of rotatable bonds is 4. The molecule has 21 heavy (non-hydrogen) atoms. The monoisotopic (exact) mass is 292 g/mol. The molecule has 7 nitrogen and oxygen atoms in total. The van der Waals surface area contributed by atoms with E-state index in [0.29, 0.717) is 13.0 Å². The number of methoxy groups -OCH3 is 1. The third kappa shape index (κ3) is 3.56. The second-order valence-electron chi connectivity index (χ2n) is 4.93. The number of hydrogen-bond acceptors (Lipinski definition) is 5. The molecule has 1 aliphatic rings. The van der Waals surface area contributed by atoms with Gasteiger partial charge in [0.1, 0.15) is 6.54 Å². The quantitative estimate of drug-likeness (QED) is 0.476. The number of amides is 1. The van der Waals surface area contributed by atoms with Crippen molar-refractivity contribution < 1.29 is 19.2 Å². The summed E-state index contributed by atoms with van der Waals surface area (Å²) < 4.78 is 4.55. The van der Waals surface area contributed by atoms with Crippen molar-refractivity contribution in [3.8, 4) is 0 Å². The fraction of sp³-hybridized carbons (Fsp3) is 0.429. The van der Waals surface area contributed by atoms with Crippen LogP contribution in [0, 0.1) is 10.1 Å². The zero-order valence-electron chi connectivity index (χ0n) is 11.7. The maximum Gasteiger partial charge on any atom is 0.325 e. The molecule has 7 heteroatoms. The lowest BCUT2D eigenvalue weighted by Crippen LogP contribution is -2.41. The predicted molar refractivity (Wildman–Crippen MR) is 73.7 cm³/mol. The Kier molecular flexibility index (Phi) is 4.52. The zero-order chi connectivity index (χ0) is 15.4.